The minimum atomic E-state index is -1.79. The van der Waals surface area contributed by atoms with Gasteiger partial charge in [-0.1, -0.05) is 146 Å². The molecule has 12 unspecified atom stereocenters. The van der Waals surface area contributed by atoms with Gasteiger partial charge in [0.05, 0.1) is 32.0 Å². The van der Waals surface area contributed by atoms with Crippen LogP contribution in [0.2, 0.25) is 0 Å². The second-order valence-corrected chi connectivity index (χ2v) is 17.6. The number of rotatable bonds is 37. The molecule has 9 N–H and O–H groups in total. The number of amides is 1. The minimum absolute atomic E-state index is 0.259. The van der Waals surface area contributed by atoms with E-state index in [0.29, 0.717) is 12.8 Å². The van der Waals surface area contributed by atoms with E-state index in [2.05, 4.69) is 55.6 Å². The molecule has 2 aliphatic rings. The molecule has 0 saturated carbocycles. The van der Waals surface area contributed by atoms with Crippen molar-refractivity contribution in [1.29, 1.82) is 0 Å². The Morgan fingerprint density at radius 2 is 1.05 bits per heavy atom. The summed E-state index contributed by atoms with van der Waals surface area (Å²) in [5.74, 6) is -0.259. The Morgan fingerprint density at radius 1 is 0.562 bits per heavy atom. The predicted octanol–water partition coefficient (Wildman–Crippen LogP) is 6.10. The zero-order chi connectivity index (χ0) is 46.8. The van der Waals surface area contributed by atoms with Gasteiger partial charge in [-0.15, -0.1) is 0 Å². The third kappa shape index (κ3) is 24.1. The van der Waals surface area contributed by atoms with Crippen LogP contribution < -0.4 is 5.32 Å². The van der Waals surface area contributed by atoms with Crippen LogP contribution in [0.15, 0.2) is 48.6 Å². The van der Waals surface area contributed by atoms with Crippen LogP contribution in [0.5, 0.6) is 0 Å². The molecule has 2 rings (SSSR count). The smallest absolute Gasteiger partial charge is 0.220 e. The highest BCUT2D eigenvalue weighted by Crippen LogP contribution is 2.30. The lowest BCUT2D eigenvalue weighted by molar-refractivity contribution is -0.359. The summed E-state index contributed by atoms with van der Waals surface area (Å²) < 4.78 is 22.6. The van der Waals surface area contributed by atoms with E-state index in [1.54, 1.807) is 6.08 Å². The number of hydrogen-bond acceptors (Lipinski definition) is 13. The Hall–Kier alpha value is -2.05. The summed E-state index contributed by atoms with van der Waals surface area (Å²) in [5.41, 5.74) is 0. The third-order valence-corrected chi connectivity index (χ3v) is 12.0. The molecule has 14 nitrogen and oxygen atoms in total. The minimum Gasteiger partial charge on any atom is -0.394 e. The molecule has 2 heterocycles. The molecule has 2 saturated heterocycles. The molecule has 2 aliphatic heterocycles. The number of aliphatic hydroxyl groups excluding tert-OH is 8. The van der Waals surface area contributed by atoms with Crippen molar-refractivity contribution in [2.24, 2.45) is 0 Å². The first-order valence-corrected chi connectivity index (χ1v) is 24.9. The Bertz CT molecular complexity index is 1260. The molecule has 0 aliphatic carbocycles. The molecule has 64 heavy (non-hydrogen) atoms. The van der Waals surface area contributed by atoms with E-state index < -0.39 is 86.8 Å². The molecule has 0 aromatic rings. The molecular weight excluding hydrogens is 823 g/mol. The fourth-order valence-electron chi connectivity index (χ4n) is 7.86. The van der Waals surface area contributed by atoms with Gasteiger partial charge < -0.3 is 65.1 Å². The highest BCUT2D eigenvalue weighted by atomic mass is 16.7. The Kier molecular flexibility index (Phi) is 33.6. The summed E-state index contributed by atoms with van der Waals surface area (Å²) in [6.07, 6.45) is 26.0. The van der Waals surface area contributed by atoms with Gasteiger partial charge in [-0.2, -0.15) is 0 Å². The van der Waals surface area contributed by atoms with E-state index in [1.165, 1.54) is 83.5 Å². The number of unbranched alkanes of at least 4 members (excludes halogenated alkanes) is 18. The van der Waals surface area contributed by atoms with E-state index in [0.717, 1.165) is 51.4 Å². The van der Waals surface area contributed by atoms with Crippen LogP contribution in [0, 0.1) is 0 Å². The largest absolute Gasteiger partial charge is 0.394 e. The first-order chi connectivity index (χ1) is 31.1. The van der Waals surface area contributed by atoms with E-state index in [4.69, 9.17) is 18.9 Å². The van der Waals surface area contributed by atoms with E-state index >= 15 is 0 Å². The summed E-state index contributed by atoms with van der Waals surface area (Å²) in [5, 5.41) is 86.4. The topological polar surface area (TPSA) is 228 Å². The Balaban J connectivity index is 1.80. The van der Waals surface area contributed by atoms with Gasteiger partial charge in [0.1, 0.15) is 48.8 Å². The number of ether oxygens (including phenoxy) is 4. The second-order valence-electron chi connectivity index (χ2n) is 17.6. The fourth-order valence-corrected chi connectivity index (χ4v) is 7.86. The summed E-state index contributed by atoms with van der Waals surface area (Å²) in [6, 6.07) is -0.931. The zero-order valence-corrected chi connectivity index (χ0v) is 39.3. The molecule has 0 aromatic heterocycles. The number of carbonyl (C=O) groups excluding carboxylic acids is 1. The molecule has 2 fully saturated rings. The standard InChI is InChI=1S/C50H89NO13/c1-3-5-7-9-11-13-14-15-16-17-18-19-20-21-22-23-24-26-28-30-32-34-42(55)51-38(39(54)33-31-29-27-25-12-10-8-6-4-2)37-61-49-47(60)45(58)48(41(36-53)63-49)64-50-46(59)44(57)43(56)40(35-52)62-50/h12,14-15,17-18,25,31,33,38-41,43-50,52-54,56-60H,3-11,13,16,19-24,26-30,32,34-37H2,1-2H3,(H,51,55)/b15-14-,18-17-,25-12+,33-31+. The van der Waals surface area contributed by atoms with Crippen molar-refractivity contribution in [3.05, 3.63) is 48.6 Å². The van der Waals surface area contributed by atoms with Gasteiger partial charge in [-0.05, 0) is 64.2 Å². The molecule has 1 amide bonds. The molecule has 0 bridgehead atoms. The molecule has 372 valence electrons. The Morgan fingerprint density at radius 3 is 1.66 bits per heavy atom. The predicted molar refractivity (Wildman–Crippen MR) is 249 cm³/mol. The van der Waals surface area contributed by atoms with Gasteiger partial charge in [-0.25, -0.2) is 0 Å². The molecule has 12 atom stereocenters. The van der Waals surface area contributed by atoms with Crippen molar-refractivity contribution in [1.82, 2.24) is 5.32 Å². The summed E-state index contributed by atoms with van der Waals surface area (Å²) in [6.45, 7) is 2.68. The average Bonchev–Trinajstić information content (AvgIpc) is 3.29. The number of carbonyl (C=O) groups is 1. The second kappa shape index (κ2) is 37.0. The van der Waals surface area contributed by atoms with Crippen LogP contribution in [0.25, 0.3) is 0 Å². The SMILES string of the molecule is CCCCC/C=C/CC/C=C/C(O)C(COC1OC(CO)C(OC2OC(CO)C(O)C(O)C2O)C(O)C1O)NC(=O)CCCCCCCCCCC/C=C\C/C=C\CCCCCCC. The van der Waals surface area contributed by atoms with Crippen molar-refractivity contribution in [3.8, 4) is 0 Å². The van der Waals surface area contributed by atoms with Crippen LogP contribution in [0.1, 0.15) is 168 Å². The van der Waals surface area contributed by atoms with Crippen LogP contribution in [0.3, 0.4) is 0 Å². The van der Waals surface area contributed by atoms with Crippen molar-refractivity contribution in [3.63, 3.8) is 0 Å². The van der Waals surface area contributed by atoms with Gasteiger partial charge >= 0.3 is 0 Å². The van der Waals surface area contributed by atoms with Gasteiger partial charge in [0.25, 0.3) is 0 Å². The average molecular weight is 912 g/mol. The molecule has 0 radical (unpaired) electrons. The van der Waals surface area contributed by atoms with Crippen LogP contribution in [0.4, 0.5) is 0 Å². The van der Waals surface area contributed by atoms with E-state index in [-0.39, 0.29) is 18.9 Å². The zero-order valence-electron chi connectivity index (χ0n) is 39.3. The van der Waals surface area contributed by atoms with E-state index in [1.807, 2.05) is 6.08 Å². The normalized spacial score (nSPS) is 27.7. The number of aliphatic hydroxyl groups is 8. The van der Waals surface area contributed by atoms with Crippen molar-refractivity contribution in [2.45, 2.75) is 242 Å². The molecule has 0 spiro atoms. The summed E-state index contributed by atoms with van der Waals surface area (Å²) in [4.78, 5) is 13.1. The maximum absolute atomic E-state index is 13.1. The highest BCUT2D eigenvalue weighted by Gasteiger charge is 2.51. The number of nitrogens with one attached hydrogen (secondary N) is 1. The van der Waals surface area contributed by atoms with Crippen LogP contribution in [-0.2, 0) is 23.7 Å². The van der Waals surface area contributed by atoms with Crippen molar-refractivity contribution < 1.29 is 64.6 Å². The number of allylic oxidation sites excluding steroid dienone is 7. The van der Waals surface area contributed by atoms with Gasteiger partial charge in [0, 0.05) is 6.42 Å². The number of hydrogen-bond donors (Lipinski definition) is 9. The monoisotopic (exact) mass is 912 g/mol. The lowest BCUT2D eigenvalue weighted by Crippen LogP contribution is -2.65. The quantitative estimate of drug-likeness (QED) is 0.0254. The first kappa shape index (κ1) is 58.1. The van der Waals surface area contributed by atoms with Gasteiger partial charge in [-0.3, -0.25) is 4.79 Å². The third-order valence-electron chi connectivity index (χ3n) is 12.0. The lowest BCUT2D eigenvalue weighted by Gasteiger charge is -2.46. The molecular formula is C50H89NO13. The fraction of sp³-hybridized carbons (Fsp3) is 0.820. The van der Waals surface area contributed by atoms with Gasteiger partial charge in [0.2, 0.25) is 5.91 Å². The maximum Gasteiger partial charge on any atom is 0.220 e. The molecule has 0 aromatic carbocycles. The van der Waals surface area contributed by atoms with Crippen molar-refractivity contribution >= 4 is 5.91 Å². The first-order valence-electron chi connectivity index (χ1n) is 24.9. The van der Waals surface area contributed by atoms with E-state index in [9.17, 15) is 45.6 Å². The highest BCUT2D eigenvalue weighted by molar-refractivity contribution is 5.76. The maximum atomic E-state index is 13.1. The summed E-state index contributed by atoms with van der Waals surface area (Å²) >= 11 is 0. The van der Waals surface area contributed by atoms with Crippen LogP contribution in [-0.4, -0.2) is 140 Å². The van der Waals surface area contributed by atoms with Crippen molar-refractivity contribution in [2.75, 3.05) is 19.8 Å². The lowest BCUT2D eigenvalue weighted by atomic mass is 9.97. The summed E-state index contributed by atoms with van der Waals surface area (Å²) in [7, 11) is 0. The Labute approximate surface area is 384 Å². The molecule has 14 heteroatoms. The van der Waals surface area contributed by atoms with Crippen LogP contribution >= 0.6 is 0 Å². The van der Waals surface area contributed by atoms with Gasteiger partial charge in [0.15, 0.2) is 12.6 Å².